The number of morpholine rings is 1. The van der Waals surface area contributed by atoms with Gasteiger partial charge in [-0.05, 0) is 24.6 Å². The Labute approximate surface area is 122 Å². The van der Waals surface area contributed by atoms with Crippen molar-refractivity contribution in [1.29, 1.82) is 0 Å². The maximum atomic E-state index is 13.3. The van der Waals surface area contributed by atoms with E-state index < -0.39 is 27.9 Å². The molecular weight excluding hydrogens is 301 g/mol. The summed E-state index contributed by atoms with van der Waals surface area (Å²) in [5.74, 6) is -1.26. The summed E-state index contributed by atoms with van der Waals surface area (Å²) in [4.78, 5) is 11.4. The van der Waals surface area contributed by atoms with Gasteiger partial charge >= 0.3 is 5.97 Å². The number of aryl methyl sites for hydroxylation is 1. The van der Waals surface area contributed by atoms with E-state index in [2.05, 4.69) is 4.74 Å². The molecule has 0 spiro atoms. The summed E-state index contributed by atoms with van der Waals surface area (Å²) in [6.07, 6.45) is -0.965. The van der Waals surface area contributed by atoms with Crippen LogP contribution in [-0.2, 0) is 24.3 Å². The second kappa shape index (κ2) is 6.08. The van der Waals surface area contributed by atoms with Crippen molar-refractivity contribution in [3.05, 3.63) is 29.6 Å². The Balaban J connectivity index is 2.31. The molecule has 1 heterocycles. The van der Waals surface area contributed by atoms with Gasteiger partial charge in [-0.3, -0.25) is 0 Å². The molecule has 0 radical (unpaired) electrons. The van der Waals surface area contributed by atoms with Crippen LogP contribution in [0.5, 0.6) is 0 Å². The molecule has 2 rings (SSSR count). The van der Waals surface area contributed by atoms with Crippen molar-refractivity contribution >= 4 is 16.0 Å². The number of hydrogen-bond acceptors (Lipinski definition) is 5. The molecule has 0 aromatic heterocycles. The number of rotatable bonds is 3. The first-order chi connectivity index (χ1) is 9.86. The Morgan fingerprint density at radius 1 is 1.48 bits per heavy atom. The van der Waals surface area contributed by atoms with E-state index in [-0.39, 0.29) is 24.6 Å². The van der Waals surface area contributed by atoms with Crippen LogP contribution in [-0.4, -0.2) is 51.6 Å². The molecule has 1 saturated heterocycles. The minimum Gasteiger partial charge on any atom is -0.467 e. The Bertz CT molecular complexity index is 646. The Morgan fingerprint density at radius 3 is 2.86 bits per heavy atom. The zero-order valence-corrected chi connectivity index (χ0v) is 12.5. The first-order valence-corrected chi connectivity index (χ1v) is 7.76. The van der Waals surface area contributed by atoms with Crippen LogP contribution in [0.25, 0.3) is 0 Å². The zero-order chi connectivity index (χ0) is 15.6. The molecule has 1 aromatic rings. The summed E-state index contributed by atoms with van der Waals surface area (Å²) < 4.78 is 49.3. The van der Waals surface area contributed by atoms with Crippen LogP contribution < -0.4 is 0 Å². The minimum absolute atomic E-state index is 0.0767. The lowest BCUT2D eigenvalue weighted by Crippen LogP contribution is -2.48. The first-order valence-electron chi connectivity index (χ1n) is 6.32. The number of benzene rings is 1. The third-order valence-corrected chi connectivity index (χ3v) is 5.27. The summed E-state index contributed by atoms with van der Waals surface area (Å²) in [5.41, 5.74) is 0.442. The van der Waals surface area contributed by atoms with E-state index in [0.717, 1.165) is 10.4 Å². The lowest BCUT2D eigenvalue weighted by atomic mass is 10.2. The summed E-state index contributed by atoms with van der Waals surface area (Å²) >= 11 is 0. The van der Waals surface area contributed by atoms with Crippen LogP contribution in [0.4, 0.5) is 4.39 Å². The maximum absolute atomic E-state index is 13.3. The van der Waals surface area contributed by atoms with Gasteiger partial charge in [-0.1, -0.05) is 6.07 Å². The highest BCUT2D eigenvalue weighted by atomic mass is 32.2. The van der Waals surface area contributed by atoms with Gasteiger partial charge in [-0.15, -0.1) is 0 Å². The molecule has 116 valence electrons. The second-order valence-corrected chi connectivity index (χ2v) is 6.56. The van der Waals surface area contributed by atoms with E-state index in [0.29, 0.717) is 5.56 Å². The average Bonchev–Trinajstić information content (AvgIpc) is 2.49. The number of methoxy groups -OCH3 is 1. The van der Waals surface area contributed by atoms with Gasteiger partial charge in [0, 0.05) is 6.54 Å². The summed E-state index contributed by atoms with van der Waals surface area (Å²) in [6, 6.07) is 3.58. The number of carbonyl (C=O) groups is 1. The third-order valence-electron chi connectivity index (χ3n) is 3.26. The predicted octanol–water partition coefficient (Wildman–Crippen LogP) is 0.697. The van der Waals surface area contributed by atoms with Gasteiger partial charge in [-0.2, -0.15) is 4.31 Å². The molecule has 0 aliphatic carbocycles. The molecule has 1 unspecified atom stereocenters. The largest absolute Gasteiger partial charge is 0.467 e. The molecule has 8 heteroatoms. The fraction of sp³-hybridized carbons (Fsp3) is 0.462. The molecule has 1 atom stereocenters. The fourth-order valence-corrected chi connectivity index (χ4v) is 3.77. The normalized spacial score (nSPS) is 20.2. The lowest BCUT2D eigenvalue weighted by molar-refractivity contribution is -0.157. The number of ether oxygens (including phenoxy) is 2. The van der Waals surface area contributed by atoms with Gasteiger partial charge in [-0.25, -0.2) is 17.6 Å². The molecule has 0 amide bonds. The van der Waals surface area contributed by atoms with Crippen molar-refractivity contribution in [1.82, 2.24) is 4.31 Å². The van der Waals surface area contributed by atoms with Crippen LogP contribution in [0.15, 0.2) is 23.1 Å². The Kier molecular flexibility index (Phi) is 4.60. The van der Waals surface area contributed by atoms with Crippen molar-refractivity contribution in [3.63, 3.8) is 0 Å². The van der Waals surface area contributed by atoms with Crippen LogP contribution in [0.3, 0.4) is 0 Å². The predicted molar refractivity (Wildman–Crippen MR) is 71.7 cm³/mol. The van der Waals surface area contributed by atoms with E-state index in [4.69, 9.17) is 4.74 Å². The van der Waals surface area contributed by atoms with Gasteiger partial charge in [0.15, 0.2) is 6.10 Å². The quantitative estimate of drug-likeness (QED) is 0.767. The van der Waals surface area contributed by atoms with Gasteiger partial charge in [0.05, 0.1) is 25.2 Å². The highest BCUT2D eigenvalue weighted by molar-refractivity contribution is 7.89. The van der Waals surface area contributed by atoms with Crippen molar-refractivity contribution < 1.29 is 27.1 Å². The summed E-state index contributed by atoms with van der Waals surface area (Å²) in [5, 5.41) is 0. The molecular formula is C13H16FNO5S. The number of halogens is 1. The van der Waals surface area contributed by atoms with E-state index in [9.17, 15) is 17.6 Å². The molecule has 21 heavy (non-hydrogen) atoms. The van der Waals surface area contributed by atoms with Crippen molar-refractivity contribution in [2.75, 3.05) is 26.8 Å². The average molecular weight is 317 g/mol. The first kappa shape index (κ1) is 15.9. The minimum atomic E-state index is -3.88. The van der Waals surface area contributed by atoms with Crippen LogP contribution in [0, 0.1) is 12.7 Å². The molecule has 6 nitrogen and oxygen atoms in total. The fourth-order valence-electron chi connectivity index (χ4n) is 2.11. The van der Waals surface area contributed by atoms with E-state index in [1.165, 1.54) is 19.2 Å². The molecule has 1 aliphatic rings. The van der Waals surface area contributed by atoms with E-state index in [1.54, 1.807) is 6.92 Å². The van der Waals surface area contributed by atoms with Gasteiger partial charge in [0.1, 0.15) is 5.82 Å². The highest BCUT2D eigenvalue weighted by Crippen LogP contribution is 2.23. The van der Waals surface area contributed by atoms with Gasteiger partial charge in [0.25, 0.3) is 0 Å². The zero-order valence-electron chi connectivity index (χ0n) is 11.7. The SMILES string of the molecule is COC(=O)C1CN(S(=O)(=O)c2cc(F)ccc2C)CCO1. The lowest BCUT2D eigenvalue weighted by Gasteiger charge is -2.31. The van der Waals surface area contributed by atoms with Gasteiger partial charge < -0.3 is 9.47 Å². The Hall–Kier alpha value is -1.51. The van der Waals surface area contributed by atoms with E-state index in [1.807, 2.05) is 0 Å². The standard InChI is InChI=1S/C13H16FNO5S/c1-9-3-4-10(14)7-12(9)21(17,18)15-5-6-20-11(8-15)13(16)19-2/h3-4,7,11H,5-6,8H2,1-2H3. The summed E-state index contributed by atoms with van der Waals surface area (Å²) in [6.45, 7) is 1.62. The van der Waals surface area contributed by atoms with Crippen LogP contribution in [0.1, 0.15) is 5.56 Å². The summed E-state index contributed by atoms with van der Waals surface area (Å²) in [7, 11) is -2.68. The number of nitrogens with zero attached hydrogens (tertiary/aromatic N) is 1. The maximum Gasteiger partial charge on any atom is 0.336 e. The highest BCUT2D eigenvalue weighted by Gasteiger charge is 2.35. The number of sulfonamides is 1. The smallest absolute Gasteiger partial charge is 0.336 e. The molecule has 0 bridgehead atoms. The molecule has 0 N–H and O–H groups in total. The monoisotopic (exact) mass is 317 g/mol. The Morgan fingerprint density at radius 2 is 2.19 bits per heavy atom. The van der Waals surface area contributed by atoms with Crippen LogP contribution in [0.2, 0.25) is 0 Å². The number of hydrogen-bond donors (Lipinski definition) is 0. The van der Waals surface area contributed by atoms with Crippen molar-refractivity contribution in [2.45, 2.75) is 17.9 Å². The molecule has 1 aliphatic heterocycles. The third kappa shape index (κ3) is 3.22. The topological polar surface area (TPSA) is 72.9 Å². The van der Waals surface area contributed by atoms with E-state index >= 15 is 0 Å². The molecule has 0 saturated carbocycles. The molecule has 1 fully saturated rings. The van der Waals surface area contributed by atoms with Crippen molar-refractivity contribution in [2.24, 2.45) is 0 Å². The number of carbonyl (C=O) groups excluding carboxylic acids is 1. The van der Waals surface area contributed by atoms with Gasteiger partial charge in [0.2, 0.25) is 10.0 Å². The van der Waals surface area contributed by atoms with Crippen molar-refractivity contribution in [3.8, 4) is 0 Å². The van der Waals surface area contributed by atoms with Crippen LogP contribution >= 0.6 is 0 Å². The number of esters is 1. The molecule has 1 aromatic carbocycles. The second-order valence-electron chi connectivity index (χ2n) is 4.66.